The van der Waals surface area contributed by atoms with Crippen LogP contribution in [0.15, 0.2) is 162 Å². The molecule has 51 heavy (non-hydrogen) atoms. The number of hydrogen-bond acceptors (Lipinski definition) is 5. The smallest absolute Gasteiger partial charge is 0.164 e. The van der Waals surface area contributed by atoms with Crippen molar-refractivity contribution in [3.05, 3.63) is 158 Å². The Morgan fingerprint density at radius 2 is 1.18 bits per heavy atom. The number of aromatic nitrogens is 4. The van der Waals surface area contributed by atoms with Crippen molar-refractivity contribution in [3.8, 4) is 39.9 Å². The summed E-state index contributed by atoms with van der Waals surface area (Å²) in [6.45, 7) is 0. The highest BCUT2D eigenvalue weighted by Crippen LogP contribution is 2.42. The molecule has 0 bridgehead atoms. The van der Waals surface area contributed by atoms with Crippen molar-refractivity contribution in [2.75, 3.05) is 0 Å². The molecule has 0 unspecified atom stereocenters. The molecule has 0 atom stereocenters. The Kier molecular flexibility index (Phi) is 5.08. The lowest BCUT2D eigenvalue weighted by atomic mass is 10.0. The van der Waals surface area contributed by atoms with Crippen LogP contribution in [0.25, 0.3) is 104 Å². The Morgan fingerprint density at radius 1 is 0.510 bits per heavy atom. The Labute approximate surface area is 302 Å². The number of thiophene rings is 1. The molecule has 0 radical (unpaired) electrons. The fraction of sp³-hybridized carbons (Fsp3) is 0. The van der Waals surface area contributed by atoms with Gasteiger partial charge in [-0.3, -0.25) is 0 Å². The van der Waals surface area contributed by atoms with E-state index in [1.807, 2.05) is 66.7 Å². The van der Waals surface area contributed by atoms with E-state index >= 15 is 0 Å². The molecular weight excluding hydrogens is 645 g/mol. The molecule has 238 valence electrons. The summed E-state index contributed by atoms with van der Waals surface area (Å²) in [5, 5.41) is 6.11. The Morgan fingerprint density at radius 3 is 1.98 bits per heavy atom. The molecule has 11 aromatic rings. The van der Waals surface area contributed by atoms with Gasteiger partial charge in [0.25, 0.3) is 0 Å². The summed E-state index contributed by atoms with van der Waals surface area (Å²) in [5.74, 6) is 0.606. The number of rotatable bonds is 4. The molecule has 0 saturated heterocycles. The SMILES string of the molecule is [2H]c1c([2H])c([2H])c(-c2nc(-c3ccc4oc5cccc(-n6c7ccccc7c7ccccc76)c5c4c3)nc(-c3cccc4sc5ccccc5c34)n2)c([2H])c1[2H]. The number of nitrogens with zero attached hydrogens (tertiary/aromatic N) is 4. The number of para-hydroxylation sites is 2. The average molecular weight is 676 g/mol. The van der Waals surface area contributed by atoms with E-state index in [1.54, 1.807) is 11.3 Å². The summed E-state index contributed by atoms with van der Waals surface area (Å²) in [6.07, 6.45) is 0. The minimum atomic E-state index is -0.482. The van der Waals surface area contributed by atoms with Gasteiger partial charge in [0.2, 0.25) is 0 Å². The van der Waals surface area contributed by atoms with Crippen molar-refractivity contribution >= 4 is 75.3 Å². The summed E-state index contributed by atoms with van der Waals surface area (Å²) in [6, 6.07) is 40.6. The Hall–Kier alpha value is -6.63. The monoisotopic (exact) mass is 675 g/mol. The van der Waals surface area contributed by atoms with Crippen molar-refractivity contribution < 1.29 is 11.3 Å². The maximum atomic E-state index is 8.84. The molecule has 5 nitrogen and oxygen atoms in total. The van der Waals surface area contributed by atoms with Crippen molar-refractivity contribution in [2.24, 2.45) is 0 Å². The van der Waals surface area contributed by atoms with E-state index in [0.29, 0.717) is 22.8 Å². The van der Waals surface area contributed by atoms with Crippen LogP contribution in [-0.2, 0) is 0 Å². The second-order valence-electron chi connectivity index (χ2n) is 12.4. The first-order valence-electron chi connectivity index (χ1n) is 19.0. The van der Waals surface area contributed by atoms with Crippen molar-refractivity contribution in [1.29, 1.82) is 0 Å². The van der Waals surface area contributed by atoms with Crippen LogP contribution in [0.3, 0.4) is 0 Å². The Bertz CT molecular complexity index is 3380. The highest BCUT2D eigenvalue weighted by atomic mass is 32.1. The molecular formula is C45H26N4OS. The van der Waals surface area contributed by atoms with Gasteiger partial charge in [-0.2, -0.15) is 0 Å². The molecule has 7 aromatic carbocycles. The molecule has 0 aliphatic carbocycles. The molecule has 0 spiro atoms. The number of fused-ring (bicyclic) bond motifs is 9. The Balaban J connectivity index is 1.19. The highest BCUT2D eigenvalue weighted by molar-refractivity contribution is 7.25. The van der Waals surface area contributed by atoms with Crippen LogP contribution in [0.1, 0.15) is 6.85 Å². The van der Waals surface area contributed by atoms with Gasteiger partial charge in [0.15, 0.2) is 17.5 Å². The maximum Gasteiger partial charge on any atom is 0.164 e. The van der Waals surface area contributed by atoms with Crippen LogP contribution >= 0.6 is 11.3 Å². The first-order valence-corrected chi connectivity index (χ1v) is 17.4. The van der Waals surface area contributed by atoms with Crippen LogP contribution in [0.2, 0.25) is 0 Å². The van der Waals surface area contributed by atoms with Gasteiger partial charge in [-0.1, -0.05) is 103 Å². The zero-order valence-corrected chi connectivity index (χ0v) is 27.5. The number of hydrogen-bond donors (Lipinski definition) is 0. The lowest BCUT2D eigenvalue weighted by Gasteiger charge is -2.11. The standard InChI is InChI=1S/C45H26N4OS/c1-2-12-27(13-3-1)43-46-44(48-45(47-43)32-17-10-23-40-41(32)31-16-6-9-22-39(31)51-40)28-24-25-37-33(26-28)42-36(20-11-21-38(42)50-37)49-34-18-7-4-14-29(34)30-15-5-8-19-35(30)49/h1-26H/i1D,2D,3D,12D,13D. The first-order chi connectivity index (χ1) is 27.4. The molecule has 4 heterocycles. The second kappa shape index (κ2) is 10.9. The van der Waals surface area contributed by atoms with Gasteiger partial charge in [0, 0.05) is 53.0 Å². The molecule has 0 amide bonds. The predicted octanol–water partition coefficient (Wildman–Crippen LogP) is 12.2. The zero-order valence-electron chi connectivity index (χ0n) is 31.7. The van der Waals surface area contributed by atoms with Crippen molar-refractivity contribution in [2.45, 2.75) is 0 Å². The molecule has 0 aliphatic heterocycles. The van der Waals surface area contributed by atoms with E-state index in [-0.39, 0.29) is 23.5 Å². The van der Waals surface area contributed by atoms with Gasteiger partial charge in [-0.15, -0.1) is 11.3 Å². The summed E-state index contributed by atoms with van der Waals surface area (Å²) in [7, 11) is 0. The van der Waals surface area contributed by atoms with E-state index < -0.39 is 18.1 Å². The molecule has 11 rings (SSSR count). The van der Waals surface area contributed by atoms with E-state index in [0.717, 1.165) is 69.6 Å². The van der Waals surface area contributed by atoms with Crippen LogP contribution < -0.4 is 0 Å². The summed E-state index contributed by atoms with van der Waals surface area (Å²) in [4.78, 5) is 14.8. The van der Waals surface area contributed by atoms with Gasteiger partial charge < -0.3 is 8.98 Å². The highest BCUT2D eigenvalue weighted by Gasteiger charge is 2.20. The number of benzene rings is 7. The molecule has 0 aliphatic rings. The lowest BCUT2D eigenvalue weighted by Crippen LogP contribution is -2.00. The topological polar surface area (TPSA) is 56.7 Å². The van der Waals surface area contributed by atoms with Gasteiger partial charge >= 0.3 is 0 Å². The van der Waals surface area contributed by atoms with Crippen molar-refractivity contribution in [1.82, 2.24) is 19.5 Å². The lowest BCUT2D eigenvalue weighted by molar-refractivity contribution is 0.669. The van der Waals surface area contributed by atoms with Gasteiger partial charge in [-0.05, 0) is 54.6 Å². The maximum absolute atomic E-state index is 8.84. The van der Waals surface area contributed by atoms with Gasteiger partial charge in [0.05, 0.1) is 29.0 Å². The molecule has 0 fully saturated rings. The fourth-order valence-corrected chi connectivity index (χ4v) is 8.51. The van der Waals surface area contributed by atoms with Crippen LogP contribution in [0.4, 0.5) is 0 Å². The molecule has 0 N–H and O–H groups in total. The van der Waals surface area contributed by atoms with Gasteiger partial charge in [0.1, 0.15) is 11.2 Å². The van der Waals surface area contributed by atoms with E-state index in [1.165, 1.54) is 0 Å². The minimum absolute atomic E-state index is 0.0124. The first kappa shape index (κ1) is 23.7. The van der Waals surface area contributed by atoms with E-state index in [2.05, 4.69) is 65.2 Å². The average Bonchev–Trinajstić information content (AvgIpc) is 3.91. The third-order valence-corrected chi connectivity index (χ3v) is 10.7. The second-order valence-corrected chi connectivity index (χ2v) is 13.5. The van der Waals surface area contributed by atoms with E-state index in [4.69, 9.17) is 26.2 Å². The largest absolute Gasteiger partial charge is 0.456 e. The predicted molar refractivity (Wildman–Crippen MR) is 211 cm³/mol. The van der Waals surface area contributed by atoms with Crippen LogP contribution in [0.5, 0.6) is 0 Å². The van der Waals surface area contributed by atoms with E-state index in [9.17, 15) is 0 Å². The van der Waals surface area contributed by atoms with Crippen molar-refractivity contribution in [3.63, 3.8) is 0 Å². The number of furan rings is 1. The fourth-order valence-electron chi connectivity index (χ4n) is 7.38. The molecule has 6 heteroatoms. The third kappa shape index (κ3) is 4.30. The normalized spacial score (nSPS) is 13.3. The minimum Gasteiger partial charge on any atom is -0.456 e. The van der Waals surface area contributed by atoms with Crippen LogP contribution in [0, 0.1) is 0 Å². The summed E-state index contributed by atoms with van der Waals surface area (Å²) >= 11 is 1.67. The summed E-state index contributed by atoms with van der Waals surface area (Å²) < 4.78 is 53.7. The molecule has 4 aromatic heterocycles. The summed E-state index contributed by atoms with van der Waals surface area (Å²) in [5.41, 5.74) is 5.84. The molecule has 0 saturated carbocycles. The zero-order chi connectivity index (χ0) is 37.8. The third-order valence-electron chi connectivity index (χ3n) is 9.55. The quantitative estimate of drug-likeness (QED) is 0.186. The van der Waals surface area contributed by atoms with Crippen LogP contribution in [-0.4, -0.2) is 19.5 Å². The van der Waals surface area contributed by atoms with Gasteiger partial charge in [-0.25, -0.2) is 15.0 Å².